The molecule has 0 aliphatic rings. The first kappa shape index (κ1) is 13.0. The number of nitrogens with one attached hydrogen (secondary N) is 1. The maximum atomic E-state index is 13.9. The highest BCUT2D eigenvalue weighted by molar-refractivity contribution is 5.97. The first-order valence-electron chi connectivity index (χ1n) is 6.97. The topological polar surface area (TPSA) is 28.7 Å². The van der Waals surface area contributed by atoms with E-state index < -0.39 is 0 Å². The zero-order valence-corrected chi connectivity index (χ0v) is 11.8. The van der Waals surface area contributed by atoms with Gasteiger partial charge in [0.15, 0.2) is 0 Å². The number of fused-ring (bicyclic) bond motifs is 2. The Labute approximate surface area is 125 Å². The summed E-state index contributed by atoms with van der Waals surface area (Å²) in [6.07, 6.45) is 1.78. The van der Waals surface area contributed by atoms with E-state index in [-0.39, 0.29) is 11.6 Å². The van der Waals surface area contributed by atoms with Crippen molar-refractivity contribution in [2.24, 2.45) is 0 Å². The molecule has 0 radical (unpaired) electrons. The molecule has 108 valence electrons. The Balaban J connectivity index is 1.99. The van der Waals surface area contributed by atoms with Gasteiger partial charge in [0.05, 0.1) is 11.2 Å². The number of benzene rings is 2. The third-order valence-corrected chi connectivity index (χ3v) is 4.00. The largest absolute Gasteiger partial charge is 0.360 e. The molecule has 1 N–H and O–H groups in total. The summed E-state index contributed by atoms with van der Waals surface area (Å²) in [6, 6.07) is 11.7. The van der Waals surface area contributed by atoms with Crippen LogP contribution in [-0.4, -0.2) is 9.97 Å². The van der Waals surface area contributed by atoms with Gasteiger partial charge in [-0.3, -0.25) is 0 Å². The van der Waals surface area contributed by atoms with Gasteiger partial charge in [-0.25, -0.2) is 13.8 Å². The molecule has 2 heterocycles. The van der Waals surface area contributed by atoms with E-state index in [0.717, 1.165) is 21.9 Å². The fraction of sp³-hybridized carbons (Fsp3) is 0.0556. The lowest BCUT2D eigenvalue weighted by Gasteiger charge is -2.04. The zero-order valence-electron chi connectivity index (χ0n) is 11.8. The molecule has 2 aromatic heterocycles. The van der Waals surface area contributed by atoms with Crippen LogP contribution in [0, 0.1) is 18.6 Å². The molecule has 0 bridgehead atoms. The Morgan fingerprint density at radius 1 is 0.955 bits per heavy atom. The van der Waals surface area contributed by atoms with Crippen molar-refractivity contribution >= 4 is 21.8 Å². The van der Waals surface area contributed by atoms with Crippen LogP contribution < -0.4 is 0 Å². The number of nitrogens with zero attached hydrogens (tertiary/aromatic N) is 1. The fourth-order valence-electron chi connectivity index (χ4n) is 2.79. The normalized spacial score (nSPS) is 11.4. The summed E-state index contributed by atoms with van der Waals surface area (Å²) >= 11 is 0. The molecular formula is C18H12F2N2. The summed E-state index contributed by atoms with van der Waals surface area (Å²) in [5.74, 6) is -0.597. The highest BCUT2D eigenvalue weighted by atomic mass is 19.1. The molecule has 4 aromatic rings. The number of aromatic nitrogens is 2. The molecule has 0 saturated heterocycles. The predicted molar refractivity (Wildman–Crippen MR) is 83.7 cm³/mol. The van der Waals surface area contributed by atoms with Gasteiger partial charge >= 0.3 is 0 Å². The van der Waals surface area contributed by atoms with Crippen LogP contribution in [0.25, 0.3) is 33.1 Å². The molecule has 22 heavy (non-hydrogen) atoms. The number of pyridine rings is 1. The second-order valence-electron chi connectivity index (χ2n) is 5.31. The molecule has 0 aliphatic carbocycles. The lowest BCUT2D eigenvalue weighted by Crippen LogP contribution is -1.88. The van der Waals surface area contributed by atoms with Crippen molar-refractivity contribution in [3.05, 3.63) is 65.9 Å². The summed E-state index contributed by atoms with van der Waals surface area (Å²) in [5.41, 5.74) is 3.15. The molecule has 0 fully saturated rings. The number of H-pyrrole nitrogens is 1. The number of rotatable bonds is 1. The Morgan fingerprint density at radius 2 is 1.82 bits per heavy atom. The number of para-hydroxylation sites is 1. The minimum absolute atomic E-state index is 0.251. The van der Waals surface area contributed by atoms with Crippen molar-refractivity contribution in [1.82, 2.24) is 9.97 Å². The predicted octanol–water partition coefficient (Wildman–Crippen LogP) is 4.97. The van der Waals surface area contributed by atoms with Crippen LogP contribution in [0.5, 0.6) is 0 Å². The van der Waals surface area contributed by atoms with E-state index in [1.54, 1.807) is 25.3 Å². The Kier molecular flexibility index (Phi) is 2.73. The van der Waals surface area contributed by atoms with E-state index in [1.807, 2.05) is 18.2 Å². The second-order valence-corrected chi connectivity index (χ2v) is 5.31. The minimum Gasteiger partial charge on any atom is -0.360 e. The molecular weight excluding hydrogens is 282 g/mol. The number of aromatic amines is 1. The van der Waals surface area contributed by atoms with Crippen LogP contribution in [0.2, 0.25) is 0 Å². The first-order valence-corrected chi connectivity index (χ1v) is 6.97. The van der Waals surface area contributed by atoms with Crippen molar-refractivity contribution in [3.63, 3.8) is 0 Å². The van der Waals surface area contributed by atoms with Crippen LogP contribution in [0.3, 0.4) is 0 Å². The molecule has 2 nitrogen and oxygen atoms in total. The standard InChI is InChI=1S/C18H12F2N2/c1-10-14(19)7-6-12-13(9-21-17(10)12)16-8-5-11-3-2-4-15(20)18(11)22-16/h2-9,21H,1H3. The van der Waals surface area contributed by atoms with Gasteiger partial charge in [0.1, 0.15) is 17.2 Å². The summed E-state index contributed by atoms with van der Waals surface area (Å²) in [7, 11) is 0. The van der Waals surface area contributed by atoms with Crippen molar-refractivity contribution in [2.75, 3.05) is 0 Å². The van der Waals surface area contributed by atoms with Crippen molar-refractivity contribution in [2.45, 2.75) is 6.92 Å². The van der Waals surface area contributed by atoms with E-state index in [9.17, 15) is 8.78 Å². The smallest absolute Gasteiger partial charge is 0.149 e. The van der Waals surface area contributed by atoms with Crippen LogP contribution in [0.15, 0.2) is 48.7 Å². The SMILES string of the molecule is Cc1c(F)ccc2c(-c3ccc4cccc(F)c4n3)c[nH]c12. The summed E-state index contributed by atoms with van der Waals surface area (Å²) in [5, 5.41) is 1.63. The summed E-state index contributed by atoms with van der Waals surface area (Å²) in [4.78, 5) is 7.52. The Bertz CT molecular complexity index is 1020. The molecule has 0 unspecified atom stereocenters. The monoisotopic (exact) mass is 294 g/mol. The minimum atomic E-state index is -0.346. The van der Waals surface area contributed by atoms with E-state index in [1.165, 1.54) is 12.1 Å². The average Bonchev–Trinajstić information content (AvgIpc) is 2.96. The van der Waals surface area contributed by atoms with Gasteiger partial charge in [0.25, 0.3) is 0 Å². The fourth-order valence-corrected chi connectivity index (χ4v) is 2.79. The van der Waals surface area contributed by atoms with Gasteiger partial charge in [0, 0.05) is 28.1 Å². The first-order chi connectivity index (χ1) is 10.6. The molecule has 4 heteroatoms. The molecule has 2 aromatic carbocycles. The van der Waals surface area contributed by atoms with Crippen LogP contribution >= 0.6 is 0 Å². The van der Waals surface area contributed by atoms with Crippen LogP contribution in [0.1, 0.15) is 5.56 Å². The van der Waals surface area contributed by atoms with Crippen molar-refractivity contribution in [1.29, 1.82) is 0 Å². The maximum absolute atomic E-state index is 13.9. The van der Waals surface area contributed by atoms with Gasteiger partial charge in [-0.05, 0) is 31.2 Å². The van der Waals surface area contributed by atoms with Gasteiger partial charge in [-0.2, -0.15) is 0 Å². The summed E-state index contributed by atoms with van der Waals surface area (Å²) in [6.45, 7) is 1.73. The lowest BCUT2D eigenvalue weighted by atomic mass is 10.1. The van der Waals surface area contributed by atoms with E-state index in [2.05, 4.69) is 9.97 Å². The molecule has 0 aliphatic heterocycles. The van der Waals surface area contributed by atoms with Gasteiger partial charge < -0.3 is 4.98 Å². The Hall–Kier alpha value is -2.75. The maximum Gasteiger partial charge on any atom is 0.149 e. The quantitative estimate of drug-likeness (QED) is 0.527. The highest BCUT2D eigenvalue weighted by Crippen LogP contribution is 2.31. The van der Waals surface area contributed by atoms with Gasteiger partial charge in [-0.15, -0.1) is 0 Å². The van der Waals surface area contributed by atoms with E-state index >= 15 is 0 Å². The van der Waals surface area contributed by atoms with Gasteiger partial charge in [0.2, 0.25) is 0 Å². The van der Waals surface area contributed by atoms with Crippen LogP contribution in [-0.2, 0) is 0 Å². The van der Waals surface area contributed by atoms with Crippen LogP contribution in [0.4, 0.5) is 8.78 Å². The molecule has 4 rings (SSSR count). The third kappa shape index (κ3) is 1.80. The lowest BCUT2D eigenvalue weighted by molar-refractivity contribution is 0.620. The van der Waals surface area contributed by atoms with E-state index in [0.29, 0.717) is 16.8 Å². The number of hydrogen-bond donors (Lipinski definition) is 1. The molecule has 0 spiro atoms. The number of aryl methyl sites for hydroxylation is 1. The zero-order chi connectivity index (χ0) is 15.3. The van der Waals surface area contributed by atoms with Gasteiger partial charge in [-0.1, -0.05) is 18.2 Å². The summed E-state index contributed by atoms with van der Waals surface area (Å²) < 4.78 is 27.6. The molecule has 0 atom stereocenters. The number of halogens is 2. The Morgan fingerprint density at radius 3 is 2.68 bits per heavy atom. The number of hydrogen-bond acceptors (Lipinski definition) is 1. The van der Waals surface area contributed by atoms with Crippen molar-refractivity contribution < 1.29 is 8.78 Å². The molecule has 0 saturated carbocycles. The third-order valence-electron chi connectivity index (χ3n) is 4.00. The second kappa shape index (κ2) is 4.63. The average molecular weight is 294 g/mol. The molecule has 0 amide bonds. The highest BCUT2D eigenvalue weighted by Gasteiger charge is 2.12. The van der Waals surface area contributed by atoms with Crippen molar-refractivity contribution in [3.8, 4) is 11.3 Å². The van der Waals surface area contributed by atoms with E-state index in [4.69, 9.17) is 0 Å².